The largest absolute Gasteiger partial charge is 0.462 e. The van der Waals surface area contributed by atoms with Crippen molar-refractivity contribution in [1.82, 2.24) is 0 Å². The van der Waals surface area contributed by atoms with E-state index >= 15 is 0 Å². The van der Waals surface area contributed by atoms with Crippen molar-refractivity contribution in [3.05, 3.63) is 29.6 Å². The third-order valence-electron chi connectivity index (χ3n) is 1.53. The first kappa shape index (κ1) is 9.64. The first-order valence-electron chi connectivity index (χ1n) is 3.64. The highest BCUT2D eigenvalue weighted by Gasteiger charge is 2.09. The highest BCUT2D eigenvalue weighted by Crippen LogP contribution is 2.20. The fourth-order valence-corrected chi connectivity index (χ4v) is 0.962. The molecule has 0 radical (unpaired) electrons. The Kier molecular flexibility index (Phi) is 2.95. The Hall–Kier alpha value is -1.45. The number of rotatable bonds is 3. The molecule has 4 heteroatoms. The Morgan fingerprint density at radius 1 is 1.54 bits per heavy atom. The summed E-state index contributed by atoms with van der Waals surface area (Å²) in [4.78, 5) is 10.9. The van der Waals surface area contributed by atoms with Gasteiger partial charge in [0.1, 0.15) is 11.6 Å². The van der Waals surface area contributed by atoms with Gasteiger partial charge < -0.3 is 4.74 Å². The van der Waals surface area contributed by atoms with E-state index in [-0.39, 0.29) is 17.1 Å². The molecular formula is C9H8F2O2. The van der Waals surface area contributed by atoms with Crippen LogP contribution in [0.1, 0.15) is 17.3 Å². The second-order valence-electron chi connectivity index (χ2n) is 2.45. The van der Waals surface area contributed by atoms with Crippen molar-refractivity contribution in [3.63, 3.8) is 0 Å². The number of carbonyl (C=O) groups is 1. The van der Waals surface area contributed by atoms with Crippen LogP contribution in [-0.2, 0) is 0 Å². The zero-order chi connectivity index (χ0) is 9.84. The summed E-state index contributed by atoms with van der Waals surface area (Å²) in [5, 5.41) is 0. The molecule has 0 unspecified atom stereocenters. The molecule has 0 aliphatic rings. The fourth-order valence-electron chi connectivity index (χ4n) is 0.962. The molecular weight excluding hydrogens is 178 g/mol. The predicted molar refractivity (Wildman–Crippen MR) is 43.0 cm³/mol. The van der Waals surface area contributed by atoms with Gasteiger partial charge in [0.05, 0.1) is 5.56 Å². The maximum absolute atomic E-state index is 12.6. The third-order valence-corrected chi connectivity index (χ3v) is 1.53. The molecule has 0 N–H and O–H groups in total. The highest BCUT2D eigenvalue weighted by atomic mass is 19.1. The summed E-state index contributed by atoms with van der Waals surface area (Å²) in [5.74, 6) is -0.837. The Morgan fingerprint density at radius 2 is 2.23 bits per heavy atom. The Balaban J connectivity index is 3.10. The number of benzene rings is 1. The van der Waals surface area contributed by atoms with Gasteiger partial charge in [-0.25, -0.2) is 8.78 Å². The van der Waals surface area contributed by atoms with E-state index in [1.54, 1.807) is 0 Å². The van der Waals surface area contributed by atoms with Gasteiger partial charge in [0, 0.05) is 0 Å². The van der Waals surface area contributed by atoms with Crippen molar-refractivity contribution in [2.45, 2.75) is 6.92 Å². The number of ketones is 1. The lowest BCUT2D eigenvalue weighted by molar-refractivity contribution is 0.101. The summed E-state index contributed by atoms with van der Waals surface area (Å²) in [6.07, 6.45) is 0. The van der Waals surface area contributed by atoms with Gasteiger partial charge in [-0.15, -0.1) is 0 Å². The summed E-state index contributed by atoms with van der Waals surface area (Å²) in [7, 11) is 0. The van der Waals surface area contributed by atoms with Crippen LogP contribution < -0.4 is 4.74 Å². The molecule has 1 aromatic rings. The Bertz CT molecular complexity index is 323. The predicted octanol–water partition coefficient (Wildman–Crippen LogP) is 2.33. The van der Waals surface area contributed by atoms with Gasteiger partial charge >= 0.3 is 0 Å². The molecule has 13 heavy (non-hydrogen) atoms. The van der Waals surface area contributed by atoms with Crippen LogP contribution in [0.15, 0.2) is 18.2 Å². The summed E-state index contributed by atoms with van der Waals surface area (Å²) in [6, 6.07) is 3.36. The van der Waals surface area contributed by atoms with Gasteiger partial charge in [0.15, 0.2) is 5.78 Å². The molecule has 0 aliphatic heterocycles. The van der Waals surface area contributed by atoms with Gasteiger partial charge in [0.2, 0.25) is 6.86 Å². The quantitative estimate of drug-likeness (QED) is 0.677. The minimum Gasteiger partial charge on any atom is -0.462 e. The third kappa shape index (κ3) is 2.24. The maximum Gasteiger partial charge on any atom is 0.228 e. The number of hydrogen-bond acceptors (Lipinski definition) is 2. The molecule has 0 aliphatic carbocycles. The average Bonchev–Trinajstić information content (AvgIpc) is 2.08. The average molecular weight is 186 g/mol. The lowest BCUT2D eigenvalue weighted by Gasteiger charge is -2.05. The summed E-state index contributed by atoms with van der Waals surface area (Å²) in [5.41, 5.74) is 0.0534. The smallest absolute Gasteiger partial charge is 0.228 e. The first-order valence-corrected chi connectivity index (χ1v) is 3.64. The molecule has 70 valence electrons. The number of alkyl halides is 1. The number of halogens is 2. The van der Waals surface area contributed by atoms with Crippen LogP contribution >= 0.6 is 0 Å². The monoisotopic (exact) mass is 186 g/mol. The van der Waals surface area contributed by atoms with Gasteiger partial charge in [-0.2, -0.15) is 0 Å². The highest BCUT2D eigenvalue weighted by molar-refractivity contribution is 5.96. The van der Waals surface area contributed by atoms with Crippen LogP contribution in [0.3, 0.4) is 0 Å². The molecule has 0 atom stereocenters. The van der Waals surface area contributed by atoms with Crippen LogP contribution in [0.2, 0.25) is 0 Å². The SMILES string of the molecule is CC(=O)c1cc(F)ccc1OCF. The molecule has 0 saturated heterocycles. The van der Waals surface area contributed by atoms with Crippen molar-refractivity contribution in [2.24, 2.45) is 0 Å². The number of carbonyl (C=O) groups excluding carboxylic acids is 1. The minimum atomic E-state index is -1.04. The first-order chi connectivity index (χ1) is 6.15. The van der Waals surface area contributed by atoms with E-state index < -0.39 is 12.7 Å². The van der Waals surface area contributed by atoms with Crippen molar-refractivity contribution in [1.29, 1.82) is 0 Å². The van der Waals surface area contributed by atoms with Crippen LogP contribution in [-0.4, -0.2) is 12.6 Å². The summed E-state index contributed by atoms with van der Waals surface area (Å²) in [6.45, 7) is 0.228. The van der Waals surface area contributed by atoms with Crippen molar-refractivity contribution in [3.8, 4) is 5.75 Å². The molecule has 0 aromatic heterocycles. The normalized spacial score (nSPS) is 9.77. The van der Waals surface area contributed by atoms with Crippen molar-refractivity contribution < 1.29 is 18.3 Å². The van der Waals surface area contributed by atoms with Gasteiger partial charge in [-0.1, -0.05) is 0 Å². The number of Topliss-reactive ketones (excluding diaryl/α,β-unsaturated/α-hetero) is 1. The maximum atomic E-state index is 12.6. The van der Waals surface area contributed by atoms with Crippen LogP contribution in [0.25, 0.3) is 0 Å². The van der Waals surface area contributed by atoms with E-state index in [2.05, 4.69) is 4.74 Å². The number of ether oxygens (including phenoxy) is 1. The second-order valence-corrected chi connectivity index (χ2v) is 2.45. The second kappa shape index (κ2) is 3.98. The standard InChI is InChI=1S/C9H8F2O2/c1-6(12)8-4-7(11)2-3-9(8)13-5-10/h2-4H,5H2,1H3. The molecule has 0 spiro atoms. The summed E-state index contributed by atoms with van der Waals surface area (Å²) >= 11 is 0. The van der Waals surface area contributed by atoms with E-state index in [0.29, 0.717) is 0 Å². The Labute approximate surface area is 74.1 Å². The van der Waals surface area contributed by atoms with E-state index in [1.165, 1.54) is 13.0 Å². The molecule has 0 amide bonds. The van der Waals surface area contributed by atoms with E-state index in [1.807, 2.05) is 0 Å². The van der Waals surface area contributed by atoms with E-state index in [0.717, 1.165) is 12.1 Å². The van der Waals surface area contributed by atoms with E-state index in [4.69, 9.17) is 0 Å². The zero-order valence-corrected chi connectivity index (χ0v) is 7.01. The molecule has 0 saturated carbocycles. The van der Waals surface area contributed by atoms with Crippen LogP contribution in [0.4, 0.5) is 8.78 Å². The molecule has 1 rings (SSSR count). The Morgan fingerprint density at radius 3 is 2.77 bits per heavy atom. The van der Waals surface area contributed by atoms with Gasteiger partial charge in [-0.05, 0) is 25.1 Å². The van der Waals surface area contributed by atoms with Crippen molar-refractivity contribution in [2.75, 3.05) is 6.86 Å². The zero-order valence-electron chi connectivity index (χ0n) is 7.01. The lowest BCUT2D eigenvalue weighted by atomic mass is 10.1. The van der Waals surface area contributed by atoms with Crippen LogP contribution in [0, 0.1) is 5.82 Å². The minimum absolute atomic E-state index is 0.0534. The summed E-state index contributed by atoms with van der Waals surface area (Å²) < 4.78 is 28.9. The fraction of sp³-hybridized carbons (Fsp3) is 0.222. The molecule has 0 fully saturated rings. The molecule has 1 aromatic carbocycles. The topological polar surface area (TPSA) is 26.3 Å². The van der Waals surface area contributed by atoms with Crippen molar-refractivity contribution >= 4 is 5.78 Å². The van der Waals surface area contributed by atoms with Crippen LogP contribution in [0.5, 0.6) is 5.75 Å². The number of hydrogen-bond donors (Lipinski definition) is 0. The lowest BCUT2D eigenvalue weighted by Crippen LogP contribution is -2.00. The van der Waals surface area contributed by atoms with Gasteiger partial charge in [-0.3, -0.25) is 4.79 Å². The van der Waals surface area contributed by atoms with Gasteiger partial charge in [0.25, 0.3) is 0 Å². The molecule has 2 nitrogen and oxygen atoms in total. The molecule has 0 bridgehead atoms. The molecule has 0 heterocycles. The van der Waals surface area contributed by atoms with E-state index in [9.17, 15) is 13.6 Å².